The fourth-order valence-corrected chi connectivity index (χ4v) is 4.34. The van der Waals surface area contributed by atoms with Crippen molar-refractivity contribution in [3.8, 4) is 0 Å². The Balaban J connectivity index is 2.78. The van der Waals surface area contributed by atoms with Crippen LogP contribution in [0.5, 0.6) is 0 Å². The molecular weight excluding hydrogens is 272 g/mol. The van der Waals surface area contributed by atoms with E-state index in [1.165, 1.54) is 12.8 Å². The van der Waals surface area contributed by atoms with Gasteiger partial charge in [-0.15, -0.1) is 0 Å². The molecule has 1 fully saturated rings. The minimum absolute atomic E-state index is 0.0393. The topological polar surface area (TPSA) is 43.4 Å². The number of hydrogen-bond acceptors (Lipinski definition) is 3. The van der Waals surface area contributed by atoms with Gasteiger partial charge in [0.05, 0.1) is 18.0 Å². The van der Waals surface area contributed by atoms with E-state index in [2.05, 4.69) is 0 Å². The molecule has 0 saturated heterocycles. The molecule has 0 radical (unpaired) electrons. The van der Waals surface area contributed by atoms with E-state index in [0.29, 0.717) is 6.61 Å². The van der Waals surface area contributed by atoms with Crippen LogP contribution in [-0.4, -0.2) is 26.4 Å². The van der Waals surface area contributed by atoms with E-state index in [4.69, 9.17) is 15.4 Å². The summed E-state index contributed by atoms with van der Waals surface area (Å²) < 4.78 is 28.8. The Morgan fingerprint density at radius 1 is 1.11 bits per heavy atom. The summed E-state index contributed by atoms with van der Waals surface area (Å²) >= 11 is 0. The third-order valence-corrected chi connectivity index (χ3v) is 4.74. The van der Waals surface area contributed by atoms with Gasteiger partial charge in [0.1, 0.15) is 0 Å². The lowest BCUT2D eigenvalue weighted by Crippen LogP contribution is -2.36. The van der Waals surface area contributed by atoms with Crippen molar-refractivity contribution < 1.29 is 13.2 Å². The van der Waals surface area contributed by atoms with E-state index in [1.54, 1.807) is 0 Å². The van der Waals surface area contributed by atoms with Crippen LogP contribution >= 0.6 is 10.7 Å². The Hall–Kier alpha value is 0.200. The fourth-order valence-electron chi connectivity index (χ4n) is 2.54. The second kappa shape index (κ2) is 6.10. The molecule has 0 atom stereocenters. The van der Waals surface area contributed by atoms with Crippen LogP contribution in [0.3, 0.4) is 0 Å². The van der Waals surface area contributed by atoms with Crippen LogP contribution in [-0.2, 0) is 13.8 Å². The lowest BCUT2D eigenvalue weighted by molar-refractivity contribution is -0.0505. The van der Waals surface area contributed by atoms with Crippen molar-refractivity contribution >= 4 is 19.7 Å². The molecule has 0 aromatic heterocycles. The fraction of sp³-hybridized carbons (Fsp3) is 1.00. The van der Waals surface area contributed by atoms with Gasteiger partial charge in [0.15, 0.2) is 0 Å². The second-order valence-corrected chi connectivity index (χ2v) is 9.28. The molecule has 1 rings (SSSR count). The molecule has 0 unspecified atom stereocenters. The van der Waals surface area contributed by atoms with Gasteiger partial charge >= 0.3 is 0 Å². The minimum Gasteiger partial charge on any atom is -0.375 e. The Morgan fingerprint density at radius 2 is 1.61 bits per heavy atom. The van der Waals surface area contributed by atoms with Gasteiger partial charge in [-0.25, -0.2) is 8.42 Å². The van der Waals surface area contributed by atoms with E-state index in [9.17, 15) is 8.42 Å². The first-order valence-corrected chi connectivity index (χ1v) is 9.16. The molecule has 0 aliphatic heterocycles. The normalized spacial score (nSPS) is 21.6. The highest BCUT2D eigenvalue weighted by Crippen LogP contribution is 2.38. The molecule has 5 heteroatoms. The van der Waals surface area contributed by atoms with E-state index in [1.807, 2.05) is 20.8 Å². The van der Waals surface area contributed by atoms with Crippen molar-refractivity contribution in [2.75, 3.05) is 12.4 Å². The average molecular weight is 297 g/mol. The second-order valence-electron chi connectivity index (χ2n) is 6.50. The van der Waals surface area contributed by atoms with Crippen molar-refractivity contribution in [3.05, 3.63) is 0 Å². The molecule has 1 aliphatic rings. The Kier molecular flexibility index (Phi) is 5.51. The van der Waals surface area contributed by atoms with Crippen LogP contribution in [0.25, 0.3) is 0 Å². The first-order chi connectivity index (χ1) is 8.12. The first-order valence-electron chi connectivity index (χ1n) is 6.68. The van der Waals surface area contributed by atoms with Gasteiger partial charge in [-0.05, 0) is 33.6 Å². The van der Waals surface area contributed by atoms with Crippen molar-refractivity contribution in [2.24, 2.45) is 5.41 Å². The third-order valence-electron chi connectivity index (χ3n) is 3.45. The molecule has 0 aromatic rings. The molecule has 0 amide bonds. The Morgan fingerprint density at radius 3 is 2.00 bits per heavy atom. The monoisotopic (exact) mass is 296 g/mol. The van der Waals surface area contributed by atoms with Crippen LogP contribution < -0.4 is 0 Å². The van der Waals surface area contributed by atoms with Gasteiger partial charge in [0.25, 0.3) is 0 Å². The van der Waals surface area contributed by atoms with Crippen LogP contribution in [0.1, 0.15) is 59.3 Å². The van der Waals surface area contributed by atoms with Gasteiger partial charge in [0.2, 0.25) is 9.05 Å². The molecule has 108 valence electrons. The molecule has 18 heavy (non-hydrogen) atoms. The maximum absolute atomic E-state index is 11.5. The molecule has 1 aliphatic carbocycles. The predicted octanol–water partition coefficient (Wildman–Crippen LogP) is 3.71. The summed E-state index contributed by atoms with van der Waals surface area (Å²) in [6, 6.07) is 0. The number of rotatable bonds is 4. The van der Waals surface area contributed by atoms with Gasteiger partial charge in [0, 0.05) is 16.1 Å². The van der Waals surface area contributed by atoms with Gasteiger partial charge < -0.3 is 4.74 Å². The van der Waals surface area contributed by atoms with Crippen molar-refractivity contribution in [1.82, 2.24) is 0 Å². The largest absolute Gasteiger partial charge is 0.375 e. The zero-order valence-electron chi connectivity index (χ0n) is 11.7. The number of hydrogen-bond donors (Lipinski definition) is 0. The first kappa shape index (κ1) is 16.3. The van der Waals surface area contributed by atoms with Gasteiger partial charge in [-0.2, -0.15) is 0 Å². The van der Waals surface area contributed by atoms with Crippen LogP contribution in [0, 0.1) is 5.41 Å². The summed E-state index contributed by atoms with van der Waals surface area (Å²) in [5.41, 5.74) is -0.528. The van der Waals surface area contributed by atoms with Gasteiger partial charge in [-0.3, -0.25) is 0 Å². The highest BCUT2D eigenvalue weighted by Gasteiger charge is 2.36. The third kappa shape index (κ3) is 6.39. The van der Waals surface area contributed by atoms with Crippen molar-refractivity contribution in [1.29, 1.82) is 0 Å². The minimum atomic E-state index is -3.47. The summed E-state index contributed by atoms with van der Waals surface area (Å²) in [6.45, 7) is 6.47. The summed E-state index contributed by atoms with van der Waals surface area (Å²) in [7, 11) is 2.00. The zero-order chi connectivity index (χ0) is 13.9. The number of ether oxygens (including phenoxy) is 1. The average Bonchev–Trinajstić information content (AvgIpc) is 2.38. The van der Waals surface area contributed by atoms with Crippen molar-refractivity contribution in [2.45, 2.75) is 64.9 Å². The highest BCUT2D eigenvalue weighted by atomic mass is 35.7. The SMILES string of the molecule is CC(C)(C)OCC1(CS(=O)(=O)Cl)CCCCCC1. The molecular formula is C13H25ClO3S. The van der Waals surface area contributed by atoms with E-state index in [-0.39, 0.29) is 16.8 Å². The van der Waals surface area contributed by atoms with E-state index >= 15 is 0 Å². The molecule has 0 aromatic carbocycles. The molecule has 1 saturated carbocycles. The molecule has 0 N–H and O–H groups in total. The van der Waals surface area contributed by atoms with E-state index in [0.717, 1.165) is 25.7 Å². The Labute approximate surface area is 116 Å². The van der Waals surface area contributed by atoms with Crippen molar-refractivity contribution in [3.63, 3.8) is 0 Å². The maximum atomic E-state index is 11.5. The summed E-state index contributed by atoms with van der Waals surface area (Å²) in [5.74, 6) is 0.0393. The highest BCUT2D eigenvalue weighted by molar-refractivity contribution is 8.13. The molecule has 0 spiro atoms. The van der Waals surface area contributed by atoms with Gasteiger partial charge in [-0.1, -0.05) is 25.7 Å². The lowest BCUT2D eigenvalue weighted by atomic mass is 9.83. The van der Waals surface area contributed by atoms with E-state index < -0.39 is 9.05 Å². The number of halogens is 1. The molecule has 0 heterocycles. The Bertz CT molecular complexity index is 349. The quantitative estimate of drug-likeness (QED) is 0.587. The summed E-state index contributed by atoms with van der Waals surface area (Å²) in [6.07, 6.45) is 6.29. The predicted molar refractivity (Wildman–Crippen MR) is 75.5 cm³/mol. The standard InChI is InChI=1S/C13H25ClO3S/c1-12(2,3)17-10-13(11-18(14,15)16)8-6-4-5-7-9-13/h4-11H2,1-3H3. The van der Waals surface area contributed by atoms with Crippen LogP contribution in [0.2, 0.25) is 0 Å². The lowest BCUT2D eigenvalue weighted by Gasteiger charge is -2.34. The summed E-state index contributed by atoms with van der Waals surface area (Å²) in [5, 5.41) is 0. The van der Waals surface area contributed by atoms with Crippen LogP contribution in [0.15, 0.2) is 0 Å². The zero-order valence-corrected chi connectivity index (χ0v) is 13.2. The summed E-state index contributed by atoms with van der Waals surface area (Å²) in [4.78, 5) is 0. The smallest absolute Gasteiger partial charge is 0.233 e. The molecule has 0 bridgehead atoms. The van der Waals surface area contributed by atoms with Crippen LogP contribution in [0.4, 0.5) is 0 Å². The molecule has 3 nitrogen and oxygen atoms in total. The maximum Gasteiger partial charge on any atom is 0.233 e.